The fraction of sp³-hybridized carbons (Fsp3) is 0.417. The van der Waals surface area contributed by atoms with Crippen LogP contribution in [-0.2, 0) is 4.79 Å². The summed E-state index contributed by atoms with van der Waals surface area (Å²) in [6.45, 7) is 2.82. The highest BCUT2D eigenvalue weighted by atomic mass is 19.1. The molecule has 0 aliphatic rings. The lowest BCUT2D eigenvalue weighted by Crippen LogP contribution is -2.26. The van der Waals surface area contributed by atoms with Gasteiger partial charge in [0.15, 0.2) is 0 Å². The zero-order valence-corrected chi connectivity index (χ0v) is 10.3. The normalized spacial score (nSPS) is 10.2. The Balaban J connectivity index is 2.87. The van der Waals surface area contributed by atoms with Gasteiger partial charge in [-0.05, 0) is 25.1 Å². The number of carbonyl (C=O) groups is 1. The molecule has 0 spiro atoms. The van der Waals surface area contributed by atoms with Crippen LogP contribution in [0.4, 0.5) is 15.8 Å². The van der Waals surface area contributed by atoms with Crippen LogP contribution < -0.4 is 16.0 Å². The topological polar surface area (TPSA) is 78.6 Å². The number of likely N-dealkylation sites (N-methyl/N-ethyl adjacent to an activating group) is 1. The number of aliphatic hydroxyl groups is 1. The third kappa shape index (κ3) is 3.68. The summed E-state index contributed by atoms with van der Waals surface area (Å²) in [5.74, 6) is -0.963. The van der Waals surface area contributed by atoms with Gasteiger partial charge in [0, 0.05) is 18.8 Å². The lowest BCUT2D eigenvalue weighted by molar-refractivity contribution is -0.114. The highest BCUT2D eigenvalue weighted by Gasteiger charge is 2.09. The molecule has 1 aromatic carbocycles. The Bertz CT molecular complexity index is 412. The first-order valence-corrected chi connectivity index (χ1v) is 5.77. The lowest BCUT2D eigenvalue weighted by atomic mass is 10.2. The van der Waals surface area contributed by atoms with Gasteiger partial charge in [0.1, 0.15) is 5.82 Å². The van der Waals surface area contributed by atoms with E-state index in [4.69, 9.17) is 10.8 Å². The predicted molar refractivity (Wildman–Crippen MR) is 69.1 cm³/mol. The van der Waals surface area contributed by atoms with Crippen molar-refractivity contribution in [3.63, 3.8) is 0 Å². The molecule has 1 amide bonds. The minimum Gasteiger partial charge on any atom is -0.395 e. The molecule has 0 atom stereocenters. The number of aliphatic hydroxyl groups excluding tert-OH is 1. The molecule has 0 aliphatic carbocycles. The Morgan fingerprint density at radius 2 is 2.28 bits per heavy atom. The summed E-state index contributed by atoms with van der Waals surface area (Å²) in [5.41, 5.74) is 5.91. The molecule has 0 radical (unpaired) electrons. The van der Waals surface area contributed by atoms with Gasteiger partial charge in [-0.2, -0.15) is 0 Å². The van der Waals surface area contributed by atoms with E-state index in [-0.39, 0.29) is 18.8 Å². The molecule has 0 saturated carbocycles. The zero-order valence-electron chi connectivity index (χ0n) is 10.3. The molecule has 5 nitrogen and oxygen atoms in total. The number of halogens is 1. The van der Waals surface area contributed by atoms with Crippen molar-refractivity contribution in [2.75, 3.05) is 36.5 Å². The number of nitrogens with two attached hydrogens (primary N) is 1. The van der Waals surface area contributed by atoms with Gasteiger partial charge >= 0.3 is 0 Å². The number of hydrogen-bond donors (Lipinski definition) is 3. The summed E-state index contributed by atoms with van der Waals surface area (Å²) in [5, 5.41) is 11.3. The number of hydrogen-bond acceptors (Lipinski definition) is 4. The maximum atomic E-state index is 13.7. The van der Waals surface area contributed by atoms with Crippen LogP contribution in [0.5, 0.6) is 0 Å². The second-order valence-electron chi connectivity index (χ2n) is 3.72. The molecule has 18 heavy (non-hydrogen) atoms. The van der Waals surface area contributed by atoms with Crippen LogP contribution in [0.15, 0.2) is 18.2 Å². The summed E-state index contributed by atoms with van der Waals surface area (Å²) >= 11 is 0. The quantitative estimate of drug-likeness (QED) is 0.693. The molecule has 0 aliphatic heterocycles. The molecule has 100 valence electrons. The van der Waals surface area contributed by atoms with E-state index in [0.29, 0.717) is 18.8 Å². The van der Waals surface area contributed by atoms with Crippen molar-refractivity contribution in [2.45, 2.75) is 6.92 Å². The Morgan fingerprint density at radius 1 is 1.56 bits per heavy atom. The van der Waals surface area contributed by atoms with E-state index in [1.54, 1.807) is 6.07 Å². The van der Waals surface area contributed by atoms with Crippen LogP contribution >= 0.6 is 0 Å². The van der Waals surface area contributed by atoms with Gasteiger partial charge in [-0.25, -0.2) is 4.39 Å². The lowest BCUT2D eigenvalue weighted by Gasteiger charge is -2.22. The number of carbonyl (C=O) groups excluding carboxylic acids is 1. The van der Waals surface area contributed by atoms with E-state index in [1.165, 1.54) is 12.1 Å². The minimum atomic E-state index is -0.523. The van der Waals surface area contributed by atoms with Crippen LogP contribution in [0, 0.1) is 5.82 Å². The number of anilines is 2. The fourth-order valence-electron chi connectivity index (χ4n) is 1.59. The largest absolute Gasteiger partial charge is 0.395 e. The maximum Gasteiger partial charge on any atom is 0.238 e. The van der Waals surface area contributed by atoms with Crippen molar-refractivity contribution in [3.8, 4) is 0 Å². The molecule has 1 aromatic rings. The average Bonchev–Trinajstić information content (AvgIpc) is 2.38. The zero-order chi connectivity index (χ0) is 13.5. The van der Waals surface area contributed by atoms with Gasteiger partial charge in [-0.3, -0.25) is 4.79 Å². The monoisotopic (exact) mass is 255 g/mol. The first-order chi connectivity index (χ1) is 8.62. The average molecular weight is 255 g/mol. The molecule has 0 unspecified atom stereocenters. The van der Waals surface area contributed by atoms with Gasteiger partial charge in [-0.1, -0.05) is 0 Å². The Morgan fingerprint density at radius 3 is 2.78 bits per heavy atom. The molecule has 0 bridgehead atoms. The highest BCUT2D eigenvalue weighted by Crippen LogP contribution is 2.21. The summed E-state index contributed by atoms with van der Waals surface area (Å²) in [6, 6.07) is 4.50. The number of amides is 1. The molecule has 0 heterocycles. The van der Waals surface area contributed by atoms with Gasteiger partial charge in [0.05, 0.1) is 18.8 Å². The van der Waals surface area contributed by atoms with E-state index in [0.717, 1.165) is 0 Å². The van der Waals surface area contributed by atoms with Gasteiger partial charge < -0.3 is 21.1 Å². The van der Waals surface area contributed by atoms with Gasteiger partial charge in [0.2, 0.25) is 5.91 Å². The van der Waals surface area contributed by atoms with E-state index in [1.807, 2.05) is 11.8 Å². The van der Waals surface area contributed by atoms with Crippen LogP contribution in [0.25, 0.3) is 0 Å². The molecule has 4 N–H and O–H groups in total. The number of benzene rings is 1. The van der Waals surface area contributed by atoms with E-state index in [9.17, 15) is 9.18 Å². The second kappa shape index (κ2) is 6.93. The summed E-state index contributed by atoms with van der Waals surface area (Å²) in [7, 11) is 0. The first-order valence-electron chi connectivity index (χ1n) is 5.77. The summed E-state index contributed by atoms with van der Waals surface area (Å²) < 4.78 is 13.7. The highest BCUT2D eigenvalue weighted by molar-refractivity contribution is 5.92. The van der Waals surface area contributed by atoms with E-state index in [2.05, 4.69) is 5.32 Å². The van der Waals surface area contributed by atoms with Gasteiger partial charge in [0.25, 0.3) is 0 Å². The third-order valence-corrected chi connectivity index (χ3v) is 2.53. The second-order valence-corrected chi connectivity index (χ2v) is 3.72. The van der Waals surface area contributed by atoms with Crippen molar-refractivity contribution in [3.05, 3.63) is 24.0 Å². The molecule has 1 rings (SSSR count). The van der Waals surface area contributed by atoms with Gasteiger partial charge in [-0.15, -0.1) is 0 Å². The molecular formula is C12H18FN3O2. The summed E-state index contributed by atoms with van der Waals surface area (Å²) in [6.07, 6.45) is 0. The molecule has 0 fully saturated rings. The third-order valence-electron chi connectivity index (χ3n) is 2.53. The van der Waals surface area contributed by atoms with Crippen molar-refractivity contribution < 1.29 is 14.3 Å². The Hall–Kier alpha value is -1.66. The predicted octanol–water partition coefficient (Wildman–Crippen LogP) is 0.541. The number of nitrogens with one attached hydrogen (secondary N) is 1. The first kappa shape index (κ1) is 14.4. The Kier molecular flexibility index (Phi) is 5.54. The minimum absolute atomic E-state index is 0.00111. The maximum absolute atomic E-state index is 13.7. The van der Waals surface area contributed by atoms with Crippen molar-refractivity contribution in [1.29, 1.82) is 0 Å². The van der Waals surface area contributed by atoms with Crippen LogP contribution in [0.3, 0.4) is 0 Å². The molecule has 0 aromatic heterocycles. The van der Waals surface area contributed by atoms with Crippen molar-refractivity contribution in [1.82, 2.24) is 0 Å². The number of nitrogens with zero attached hydrogens (tertiary/aromatic N) is 1. The van der Waals surface area contributed by atoms with Crippen LogP contribution in [-0.4, -0.2) is 37.3 Å². The van der Waals surface area contributed by atoms with Crippen LogP contribution in [0.2, 0.25) is 0 Å². The SMILES string of the molecule is CCN(CCO)c1ccc(NC(=O)CN)c(F)c1. The van der Waals surface area contributed by atoms with E-state index >= 15 is 0 Å². The fourth-order valence-corrected chi connectivity index (χ4v) is 1.59. The molecule has 0 saturated heterocycles. The Labute approximate surface area is 105 Å². The molecular weight excluding hydrogens is 237 g/mol. The van der Waals surface area contributed by atoms with Crippen LogP contribution in [0.1, 0.15) is 6.92 Å². The van der Waals surface area contributed by atoms with E-state index < -0.39 is 11.7 Å². The summed E-state index contributed by atoms with van der Waals surface area (Å²) in [4.78, 5) is 12.9. The van der Waals surface area contributed by atoms with Crippen molar-refractivity contribution >= 4 is 17.3 Å². The smallest absolute Gasteiger partial charge is 0.238 e. The standard InChI is InChI=1S/C12H18FN3O2/c1-2-16(5-6-17)9-3-4-11(10(13)7-9)15-12(18)8-14/h3-4,7,17H,2,5-6,8,14H2,1H3,(H,15,18). The molecule has 6 heteroatoms. The van der Waals surface area contributed by atoms with Crippen molar-refractivity contribution in [2.24, 2.45) is 5.73 Å². The number of rotatable bonds is 6.